The lowest BCUT2D eigenvalue weighted by molar-refractivity contribution is -0.136. The van der Waals surface area contributed by atoms with Crippen LogP contribution in [-0.2, 0) is 14.8 Å². The molecule has 1 saturated carbocycles. The second-order valence-corrected chi connectivity index (χ2v) is 13.7. The van der Waals surface area contributed by atoms with Gasteiger partial charge in [-0.25, -0.2) is 13.2 Å². The molecule has 2 heterocycles. The van der Waals surface area contributed by atoms with Crippen LogP contribution in [0.3, 0.4) is 0 Å². The molecule has 1 aliphatic carbocycles. The average Bonchev–Trinajstić information content (AvgIpc) is 3.27. The van der Waals surface area contributed by atoms with Crippen molar-refractivity contribution in [1.82, 2.24) is 14.5 Å². The van der Waals surface area contributed by atoms with Gasteiger partial charge in [-0.2, -0.15) is 17.5 Å². The van der Waals surface area contributed by atoms with E-state index in [1.54, 1.807) is 4.31 Å². The first-order valence-electron chi connectivity index (χ1n) is 11.0. The first-order valence-corrected chi connectivity index (χ1v) is 13.7. The summed E-state index contributed by atoms with van der Waals surface area (Å²) in [5.41, 5.74) is 0. The molecule has 2 saturated heterocycles. The van der Waals surface area contributed by atoms with Crippen LogP contribution in [-0.4, -0.2) is 84.3 Å². The van der Waals surface area contributed by atoms with Gasteiger partial charge in [-0.1, -0.05) is 34.8 Å². The lowest BCUT2D eigenvalue weighted by Crippen LogP contribution is -2.49. The number of hydrogen-bond acceptors (Lipinski definition) is 5. The molecular formula is C19H29Cl3F3N3O4S. The highest BCUT2D eigenvalue weighted by Crippen LogP contribution is 2.40. The van der Waals surface area contributed by atoms with Crippen molar-refractivity contribution in [3.05, 3.63) is 0 Å². The molecule has 0 radical (unpaired) electrons. The Hall–Kier alpha value is -0.200. The number of halogens is 6. The molecule has 2 aliphatic heterocycles. The van der Waals surface area contributed by atoms with Gasteiger partial charge in [0.1, 0.15) is 6.61 Å². The Morgan fingerprint density at radius 1 is 1.12 bits per heavy atom. The molecule has 0 aromatic rings. The van der Waals surface area contributed by atoms with E-state index in [2.05, 4.69) is 5.32 Å². The number of nitrogens with zero attached hydrogens (tertiary/aromatic N) is 2. The van der Waals surface area contributed by atoms with E-state index in [0.29, 0.717) is 51.9 Å². The molecule has 192 valence electrons. The van der Waals surface area contributed by atoms with Crippen LogP contribution in [0.25, 0.3) is 0 Å². The highest BCUT2D eigenvalue weighted by atomic mass is 35.6. The summed E-state index contributed by atoms with van der Waals surface area (Å²) in [6.45, 7) is 1.58. The van der Waals surface area contributed by atoms with E-state index in [4.69, 9.17) is 39.5 Å². The normalized spacial score (nSPS) is 27.8. The van der Waals surface area contributed by atoms with Gasteiger partial charge in [0.05, 0.1) is 5.75 Å². The first-order chi connectivity index (χ1) is 15.2. The second kappa shape index (κ2) is 10.8. The molecule has 3 atom stereocenters. The summed E-state index contributed by atoms with van der Waals surface area (Å²) in [4.78, 5) is 13.9. The Labute approximate surface area is 207 Å². The van der Waals surface area contributed by atoms with E-state index in [9.17, 15) is 26.4 Å². The van der Waals surface area contributed by atoms with Gasteiger partial charge >= 0.3 is 12.3 Å². The Kier molecular flexibility index (Phi) is 8.98. The molecule has 0 spiro atoms. The number of hydrogen-bond donors (Lipinski definition) is 1. The molecule has 2 bridgehead atoms. The minimum Gasteiger partial charge on any atom is -0.445 e. The summed E-state index contributed by atoms with van der Waals surface area (Å²) < 4.78 is 67.7. The highest BCUT2D eigenvalue weighted by Gasteiger charge is 2.50. The monoisotopic (exact) mass is 557 g/mol. The molecule has 1 amide bonds. The fourth-order valence-electron chi connectivity index (χ4n) is 5.04. The third-order valence-corrected chi connectivity index (χ3v) is 8.99. The number of carbonyl (C=O) groups excluding carboxylic acids is 1. The predicted octanol–water partition coefficient (Wildman–Crippen LogP) is 3.93. The maximum atomic E-state index is 13.0. The molecule has 33 heavy (non-hydrogen) atoms. The van der Waals surface area contributed by atoms with Crippen LogP contribution in [0.15, 0.2) is 0 Å². The molecule has 1 N–H and O–H groups in total. The maximum absolute atomic E-state index is 13.0. The van der Waals surface area contributed by atoms with E-state index in [1.807, 2.05) is 4.90 Å². The van der Waals surface area contributed by atoms with Crippen LogP contribution in [0.4, 0.5) is 18.0 Å². The number of rotatable bonds is 8. The van der Waals surface area contributed by atoms with E-state index < -0.39 is 32.5 Å². The second-order valence-electron chi connectivity index (χ2n) is 9.18. The van der Waals surface area contributed by atoms with E-state index in [-0.39, 0.29) is 42.7 Å². The lowest BCUT2D eigenvalue weighted by Gasteiger charge is -2.35. The molecule has 0 aromatic carbocycles. The van der Waals surface area contributed by atoms with Crippen molar-refractivity contribution in [2.75, 3.05) is 38.5 Å². The van der Waals surface area contributed by atoms with Gasteiger partial charge in [0.15, 0.2) is 0 Å². The molecule has 3 aliphatic rings. The van der Waals surface area contributed by atoms with Gasteiger partial charge in [0.25, 0.3) is 0 Å². The largest absolute Gasteiger partial charge is 0.445 e. The molecule has 0 aromatic heterocycles. The van der Waals surface area contributed by atoms with Gasteiger partial charge in [0, 0.05) is 25.0 Å². The van der Waals surface area contributed by atoms with Crippen molar-refractivity contribution >= 4 is 50.9 Å². The molecule has 7 nitrogen and oxygen atoms in total. The van der Waals surface area contributed by atoms with Crippen LogP contribution in [0.2, 0.25) is 0 Å². The van der Waals surface area contributed by atoms with E-state index in [0.717, 1.165) is 0 Å². The molecule has 14 heteroatoms. The zero-order valence-corrected chi connectivity index (χ0v) is 21.1. The van der Waals surface area contributed by atoms with Gasteiger partial charge in [0.2, 0.25) is 13.8 Å². The van der Waals surface area contributed by atoms with Crippen molar-refractivity contribution in [1.29, 1.82) is 0 Å². The summed E-state index contributed by atoms with van der Waals surface area (Å²) in [7, 11) is -3.46. The number of alkyl carbamates (subject to hydrolysis) is 1. The number of sulfonamides is 1. The van der Waals surface area contributed by atoms with Gasteiger partial charge in [-0.15, -0.1) is 0 Å². The van der Waals surface area contributed by atoms with Crippen molar-refractivity contribution in [3.63, 3.8) is 0 Å². The zero-order chi connectivity index (χ0) is 24.4. The Balaban J connectivity index is 1.40. The van der Waals surface area contributed by atoms with Crippen LogP contribution in [0.1, 0.15) is 38.5 Å². The van der Waals surface area contributed by atoms with Crippen LogP contribution < -0.4 is 5.32 Å². The van der Waals surface area contributed by atoms with Gasteiger partial charge < -0.3 is 15.0 Å². The number of piperidine rings is 2. The number of carbonyl (C=O) groups is 1. The third-order valence-electron chi connectivity index (χ3n) is 6.61. The number of alkyl halides is 6. The highest BCUT2D eigenvalue weighted by molar-refractivity contribution is 7.89. The smallest absolute Gasteiger partial charge is 0.407 e. The Morgan fingerprint density at radius 3 is 2.33 bits per heavy atom. The first kappa shape index (κ1) is 27.4. The average molecular weight is 559 g/mol. The molecule has 1 unspecified atom stereocenters. The quantitative estimate of drug-likeness (QED) is 0.457. The predicted molar refractivity (Wildman–Crippen MR) is 120 cm³/mol. The third kappa shape index (κ3) is 8.45. The number of fused-ring (bicyclic) bond motifs is 2. The summed E-state index contributed by atoms with van der Waals surface area (Å²) in [6.07, 6.45) is -3.07. The fourth-order valence-corrected chi connectivity index (χ4v) is 7.37. The summed E-state index contributed by atoms with van der Waals surface area (Å²) in [5, 5.41) is 2.73. The summed E-state index contributed by atoms with van der Waals surface area (Å²) in [6, 6.07) is -0.356. The number of nitrogens with one attached hydrogen (secondary N) is 1. The van der Waals surface area contributed by atoms with Gasteiger partial charge in [-0.05, 0) is 63.6 Å². The van der Waals surface area contributed by atoms with Crippen LogP contribution in [0.5, 0.6) is 0 Å². The minimum absolute atomic E-state index is 0.000525. The van der Waals surface area contributed by atoms with Crippen molar-refractivity contribution in [2.24, 2.45) is 11.8 Å². The van der Waals surface area contributed by atoms with Crippen molar-refractivity contribution in [2.45, 2.75) is 60.6 Å². The molecule has 3 rings (SSSR count). The minimum atomic E-state index is -4.14. The fraction of sp³-hybridized carbons (Fsp3) is 0.947. The summed E-state index contributed by atoms with van der Waals surface area (Å²) >= 11 is 16.7. The standard InChI is InChI=1S/C19H29Cl3F3N3O4S/c20-18(21,22)12-32-17(29)26-16-9-15-8-14(16)10-28(15)33(30,31)11-13-2-6-27(7-3-13)5-1-4-19(23,24)25/h13-16H,1-12H2,(H,26,29)/t14?,15-,16+/m0/s1. The summed E-state index contributed by atoms with van der Waals surface area (Å²) in [5.74, 6) is 0.0510. The number of amides is 1. The lowest BCUT2D eigenvalue weighted by atomic mass is 9.99. The van der Waals surface area contributed by atoms with E-state index >= 15 is 0 Å². The van der Waals surface area contributed by atoms with E-state index in [1.165, 1.54) is 0 Å². The maximum Gasteiger partial charge on any atom is 0.407 e. The molecule has 3 fully saturated rings. The topological polar surface area (TPSA) is 79.0 Å². The van der Waals surface area contributed by atoms with Crippen LogP contribution in [0, 0.1) is 11.8 Å². The Morgan fingerprint density at radius 2 is 1.79 bits per heavy atom. The number of ether oxygens (including phenoxy) is 1. The molecular weight excluding hydrogens is 530 g/mol. The van der Waals surface area contributed by atoms with Crippen molar-refractivity contribution in [3.8, 4) is 0 Å². The van der Waals surface area contributed by atoms with Gasteiger partial charge in [-0.3, -0.25) is 0 Å². The number of likely N-dealkylation sites (tertiary alicyclic amines) is 1. The van der Waals surface area contributed by atoms with Crippen LogP contribution >= 0.6 is 34.8 Å². The zero-order valence-electron chi connectivity index (χ0n) is 18.0. The van der Waals surface area contributed by atoms with Crippen molar-refractivity contribution < 1.29 is 31.1 Å². The Bertz CT molecular complexity index is 789. The SMILES string of the molecule is O=C(N[C@@H]1C[C@@H]2CC1CN2S(=O)(=O)CC1CCN(CCCC(F)(F)F)CC1)OCC(Cl)(Cl)Cl.